The molecule has 0 aromatic carbocycles. The lowest BCUT2D eigenvalue weighted by Crippen LogP contribution is -2.46. The van der Waals surface area contributed by atoms with Gasteiger partial charge in [-0.1, -0.05) is 12.8 Å². The second-order valence-electron chi connectivity index (χ2n) is 5.39. The predicted octanol–water partition coefficient (Wildman–Crippen LogP) is 3.84. The molecule has 0 radical (unpaired) electrons. The van der Waals surface area contributed by atoms with Gasteiger partial charge in [0.15, 0.2) is 0 Å². The van der Waals surface area contributed by atoms with Crippen LogP contribution in [0.3, 0.4) is 0 Å². The lowest BCUT2D eigenvalue weighted by Gasteiger charge is -2.32. The maximum Gasteiger partial charge on any atom is 0.361 e. The first-order valence-electron chi connectivity index (χ1n) is 8.74. The molecule has 0 bridgehead atoms. The van der Waals surface area contributed by atoms with Crippen LogP contribution in [0, 0.1) is 0 Å². The zero-order valence-corrected chi connectivity index (χ0v) is 16.9. The lowest BCUT2D eigenvalue weighted by atomic mass is 10.3. The normalized spacial score (nSPS) is 17.0. The van der Waals surface area contributed by atoms with Crippen molar-refractivity contribution in [1.29, 1.82) is 0 Å². The van der Waals surface area contributed by atoms with Crippen molar-refractivity contribution in [2.75, 3.05) is 26.4 Å². The molecule has 0 spiro atoms. The molecule has 8 nitrogen and oxygen atoms in total. The third-order valence-electron chi connectivity index (χ3n) is 3.61. The van der Waals surface area contributed by atoms with Gasteiger partial charge in [-0.05, 0) is 40.5 Å². The summed E-state index contributed by atoms with van der Waals surface area (Å²) in [5.74, 6) is 0. The van der Waals surface area contributed by atoms with Gasteiger partial charge in [-0.2, -0.15) is 0 Å². The quantitative estimate of drug-likeness (QED) is 0.364. The fourth-order valence-corrected chi connectivity index (χ4v) is 7.47. The van der Waals surface area contributed by atoms with E-state index in [0.29, 0.717) is 0 Å². The molecule has 1 aliphatic carbocycles. The van der Waals surface area contributed by atoms with Crippen molar-refractivity contribution < 1.29 is 27.2 Å². The molecule has 1 saturated carbocycles. The first-order valence-corrected chi connectivity index (χ1v) is 12.0. The van der Waals surface area contributed by atoms with Crippen LogP contribution in [0.5, 0.6) is 0 Å². The SMILES string of the molecule is CCOP(=O)(OCC)C(NNC1CCCC1)P(=O)(OCC)OCC. The fourth-order valence-electron chi connectivity index (χ4n) is 2.67. The summed E-state index contributed by atoms with van der Waals surface area (Å²) in [4.78, 5) is 0. The average molecular weight is 386 g/mol. The molecular weight excluding hydrogens is 354 g/mol. The number of hydrogen-bond acceptors (Lipinski definition) is 8. The van der Waals surface area contributed by atoms with E-state index in [4.69, 9.17) is 18.1 Å². The van der Waals surface area contributed by atoms with Crippen molar-refractivity contribution in [3.63, 3.8) is 0 Å². The van der Waals surface area contributed by atoms with E-state index in [1.54, 1.807) is 27.7 Å². The van der Waals surface area contributed by atoms with Crippen LogP contribution >= 0.6 is 15.2 Å². The van der Waals surface area contributed by atoms with E-state index in [2.05, 4.69) is 10.9 Å². The highest BCUT2D eigenvalue weighted by Crippen LogP contribution is 2.69. The first kappa shape index (κ1) is 22.3. The summed E-state index contributed by atoms with van der Waals surface area (Å²) in [6.07, 6.45) is 4.27. The average Bonchev–Trinajstić information content (AvgIpc) is 3.01. The Hall–Kier alpha value is 0.220. The standard InChI is InChI=1S/C14H32N2O6P2/c1-5-19-23(17,20-6-2)14(16-15-13-11-9-10-12-13)24(18,21-7-3)22-8-4/h13-16H,5-12H2,1-4H3. The van der Waals surface area contributed by atoms with Crippen LogP contribution in [0.15, 0.2) is 0 Å². The van der Waals surface area contributed by atoms with Gasteiger partial charge in [0.25, 0.3) is 0 Å². The van der Waals surface area contributed by atoms with Crippen molar-refractivity contribution in [3.8, 4) is 0 Å². The van der Waals surface area contributed by atoms with Gasteiger partial charge in [0.2, 0.25) is 5.52 Å². The molecule has 1 aliphatic rings. The van der Waals surface area contributed by atoms with Gasteiger partial charge in [-0.25, -0.2) is 5.43 Å². The minimum atomic E-state index is -3.75. The van der Waals surface area contributed by atoms with Crippen molar-refractivity contribution in [3.05, 3.63) is 0 Å². The molecular formula is C14H32N2O6P2. The van der Waals surface area contributed by atoms with E-state index in [-0.39, 0.29) is 32.5 Å². The van der Waals surface area contributed by atoms with E-state index in [0.717, 1.165) is 25.7 Å². The van der Waals surface area contributed by atoms with Gasteiger partial charge in [-0.15, -0.1) is 0 Å². The maximum atomic E-state index is 13.2. The van der Waals surface area contributed by atoms with E-state index in [9.17, 15) is 9.13 Å². The van der Waals surface area contributed by atoms with Crippen molar-refractivity contribution in [2.45, 2.75) is 64.9 Å². The molecule has 0 amide bonds. The molecule has 0 heterocycles. The zero-order chi connectivity index (χ0) is 18.1. The van der Waals surface area contributed by atoms with E-state index in [1.807, 2.05) is 0 Å². The van der Waals surface area contributed by atoms with Gasteiger partial charge in [0, 0.05) is 6.04 Å². The Morgan fingerprint density at radius 3 is 1.54 bits per heavy atom. The van der Waals surface area contributed by atoms with E-state index in [1.165, 1.54) is 0 Å². The zero-order valence-electron chi connectivity index (χ0n) is 15.2. The molecule has 0 atom stereocenters. The lowest BCUT2D eigenvalue weighted by molar-refractivity contribution is 0.185. The van der Waals surface area contributed by atoms with Gasteiger partial charge < -0.3 is 18.1 Å². The molecule has 1 rings (SSSR count). The monoisotopic (exact) mass is 386 g/mol. The molecule has 0 aliphatic heterocycles. The van der Waals surface area contributed by atoms with E-state index < -0.39 is 20.7 Å². The number of hydrazine groups is 1. The molecule has 10 heteroatoms. The van der Waals surface area contributed by atoms with Crippen molar-refractivity contribution in [2.24, 2.45) is 0 Å². The Morgan fingerprint density at radius 2 is 1.21 bits per heavy atom. The molecule has 2 N–H and O–H groups in total. The topological polar surface area (TPSA) is 95.1 Å². The highest BCUT2D eigenvalue weighted by atomic mass is 31.2. The molecule has 0 aromatic heterocycles. The van der Waals surface area contributed by atoms with Crippen molar-refractivity contribution in [1.82, 2.24) is 10.9 Å². The first-order chi connectivity index (χ1) is 11.5. The summed E-state index contributed by atoms with van der Waals surface area (Å²) < 4.78 is 48.0. The molecule has 1 fully saturated rings. The van der Waals surface area contributed by atoms with Gasteiger partial charge in [0.1, 0.15) is 0 Å². The Morgan fingerprint density at radius 1 is 0.833 bits per heavy atom. The van der Waals surface area contributed by atoms with Crippen LogP contribution in [0.2, 0.25) is 0 Å². The van der Waals surface area contributed by atoms with Gasteiger partial charge >= 0.3 is 15.2 Å². The second-order valence-corrected chi connectivity index (χ2v) is 10.0. The Bertz CT molecular complexity index is 395. The predicted molar refractivity (Wildman–Crippen MR) is 94.0 cm³/mol. The summed E-state index contributed by atoms with van der Waals surface area (Å²) >= 11 is 0. The summed E-state index contributed by atoms with van der Waals surface area (Å²) in [5, 5.41) is 0. The second kappa shape index (κ2) is 11.0. The van der Waals surface area contributed by atoms with Crippen LogP contribution in [0.4, 0.5) is 0 Å². The summed E-state index contributed by atoms with van der Waals surface area (Å²) in [7, 11) is -7.51. The minimum absolute atomic E-state index is 0.164. The Balaban J connectivity index is 3.06. The van der Waals surface area contributed by atoms with Crippen LogP contribution in [0.25, 0.3) is 0 Å². The highest BCUT2D eigenvalue weighted by molar-refractivity contribution is 7.72. The summed E-state index contributed by atoms with van der Waals surface area (Å²) in [5.41, 5.74) is 4.80. The maximum absolute atomic E-state index is 13.2. The van der Waals surface area contributed by atoms with Gasteiger partial charge in [0.05, 0.1) is 26.4 Å². The molecule has 24 heavy (non-hydrogen) atoms. The fraction of sp³-hybridized carbons (Fsp3) is 1.00. The minimum Gasteiger partial charge on any atom is -0.307 e. The Kier molecular flexibility index (Phi) is 10.2. The molecule has 0 saturated heterocycles. The molecule has 0 aromatic rings. The third kappa shape index (κ3) is 6.19. The van der Waals surface area contributed by atoms with Gasteiger partial charge in [-0.3, -0.25) is 14.6 Å². The molecule has 0 unspecified atom stereocenters. The summed E-state index contributed by atoms with van der Waals surface area (Å²) in [6, 6.07) is 0.223. The van der Waals surface area contributed by atoms with Crippen LogP contribution in [-0.2, 0) is 27.2 Å². The van der Waals surface area contributed by atoms with Crippen molar-refractivity contribution >= 4 is 15.2 Å². The molecule has 144 valence electrons. The smallest absolute Gasteiger partial charge is 0.307 e. The number of nitrogens with one attached hydrogen (secondary N) is 2. The van der Waals surface area contributed by atoms with Crippen LogP contribution in [-0.4, -0.2) is 38.0 Å². The number of hydrogen-bond donors (Lipinski definition) is 2. The summed E-state index contributed by atoms with van der Waals surface area (Å²) in [6.45, 7) is 7.49. The number of rotatable bonds is 13. The van der Waals surface area contributed by atoms with Crippen LogP contribution in [0.1, 0.15) is 53.4 Å². The largest absolute Gasteiger partial charge is 0.361 e. The van der Waals surface area contributed by atoms with E-state index >= 15 is 0 Å². The van der Waals surface area contributed by atoms with Crippen LogP contribution < -0.4 is 10.9 Å². The third-order valence-corrected chi connectivity index (χ3v) is 9.23. The highest BCUT2D eigenvalue weighted by Gasteiger charge is 2.51. The Labute approximate surface area is 145 Å².